The van der Waals surface area contributed by atoms with E-state index in [1.807, 2.05) is 36.4 Å². The average molecular weight is 410 g/mol. The predicted molar refractivity (Wildman–Crippen MR) is 126 cm³/mol. The molecule has 0 aromatic heterocycles. The van der Waals surface area contributed by atoms with Crippen LogP contribution in [0.5, 0.6) is 0 Å². The second-order valence-electron chi connectivity index (χ2n) is 8.82. The Kier molecular flexibility index (Phi) is 6.58. The Bertz CT molecular complexity index is 853. The van der Waals surface area contributed by atoms with Gasteiger partial charge in [-0.25, -0.2) is 0 Å². The first-order chi connectivity index (χ1) is 13.7. The van der Waals surface area contributed by atoms with Gasteiger partial charge in [0.1, 0.15) is 0 Å². The molecule has 1 atom stereocenters. The lowest BCUT2D eigenvalue weighted by Gasteiger charge is -2.35. The molecule has 2 aromatic carbocycles. The van der Waals surface area contributed by atoms with Crippen molar-refractivity contribution in [3.05, 3.63) is 59.7 Å². The summed E-state index contributed by atoms with van der Waals surface area (Å²) in [6, 6.07) is 16.5. The van der Waals surface area contributed by atoms with Crippen molar-refractivity contribution in [3.63, 3.8) is 0 Å². The second-order valence-corrected chi connectivity index (χ2v) is 9.23. The number of hydrogen-bond donors (Lipinski definition) is 2. The third-order valence-corrected chi connectivity index (χ3v) is 5.70. The number of carbonyl (C=O) groups is 1. The summed E-state index contributed by atoms with van der Waals surface area (Å²) < 4.78 is 0. The van der Waals surface area contributed by atoms with Crippen LogP contribution in [0.1, 0.15) is 62.9 Å². The normalized spacial score (nSPS) is 17.0. The standard InChI is InChI=1S/C24H31N3OS/c1-17-7-5-6-16-27(17)21-14-12-20(13-15-21)25-23(29)26-22(28)18-8-10-19(11-9-18)24(2,3)4/h8-15,17H,5-7,16H2,1-4H3,(H2,25,26,28,29). The number of piperidine rings is 1. The van der Waals surface area contributed by atoms with Crippen LogP contribution < -0.4 is 15.5 Å². The fraction of sp³-hybridized carbons (Fsp3) is 0.417. The molecular weight excluding hydrogens is 378 g/mol. The largest absolute Gasteiger partial charge is 0.369 e. The lowest BCUT2D eigenvalue weighted by molar-refractivity contribution is 0.0977. The molecule has 5 heteroatoms. The van der Waals surface area contributed by atoms with E-state index >= 15 is 0 Å². The minimum atomic E-state index is -0.207. The van der Waals surface area contributed by atoms with Gasteiger partial charge in [-0.1, -0.05) is 32.9 Å². The zero-order valence-corrected chi connectivity index (χ0v) is 18.6. The molecule has 4 nitrogen and oxygen atoms in total. The maximum absolute atomic E-state index is 12.5. The first kappa shape index (κ1) is 21.3. The molecule has 0 bridgehead atoms. The second kappa shape index (κ2) is 8.95. The zero-order valence-electron chi connectivity index (χ0n) is 17.8. The number of carbonyl (C=O) groups excluding carboxylic acids is 1. The molecule has 154 valence electrons. The van der Waals surface area contributed by atoms with E-state index in [1.54, 1.807) is 0 Å². The van der Waals surface area contributed by atoms with Crippen LogP contribution in [0.4, 0.5) is 11.4 Å². The Morgan fingerprint density at radius 3 is 2.28 bits per heavy atom. The average Bonchev–Trinajstić information content (AvgIpc) is 2.68. The Hall–Kier alpha value is -2.40. The van der Waals surface area contributed by atoms with E-state index in [9.17, 15) is 4.79 Å². The van der Waals surface area contributed by atoms with Crippen molar-refractivity contribution >= 4 is 34.6 Å². The first-order valence-electron chi connectivity index (χ1n) is 10.3. The van der Waals surface area contributed by atoms with Crippen molar-refractivity contribution in [2.45, 2.75) is 58.4 Å². The minimum absolute atomic E-state index is 0.0595. The summed E-state index contributed by atoms with van der Waals surface area (Å²) in [6.07, 6.45) is 3.80. The van der Waals surface area contributed by atoms with Crippen molar-refractivity contribution in [2.75, 3.05) is 16.8 Å². The van der Waals surface area contributed by atoms with Gasteiger partial charge in [0, 0.05) is 29.5 Å². The highest BCUT2D eigenvalue weighted by Gasteiger charge is 2.18. The SMILES string of the molecule is CC1CCCCN1c1ccc(NC(=S)NC(=O)c2ccc(C(C)(C)C)cc2)cc1. The number of nitrogens with zero attached hydrogens (tertiary/aromatic N) is 1. The summed E-state index contributed by atoms with van der Waals surface area (Å²) in [5, 5.41) is 6.16. The van der Waals surface area contributed by atoms with E-state index in [-0.39, 0.29) is 11.3 Å². The van der Waals surface area contributed by atoms with Gasteiger partial charge >= 0.3 is 0 Å². The van der Waals surface area contributed by atoms with Gasteiger partial charge in [-0.3, -0.25) is 10.1 Å². The van der Waals surface area contributed by atoms with Crippen molar-refractivity contribution in [1.29, 1.82) is 0 Å². The molecule has 1 aliphatic heterocycles. The van der Waals surface area contributed by atoms with Crippen LogP contribution in [0.3, 0.4) is 0 Å². The summed E-state index contributed by atoms with van der Waals surface area (Å²) in [7, 11) is 0. The molecule has 2 N–H and O–H groups in total. The quantitative estimate of drug-likeness (QED) is 0.658. The van der Waals surface area contributed by atoms with Gasteiger partial charge in [-0.15, -0.1) is 0 Å². The summed E-state index contributed by atoms with van der Waals surface area (Å²) in [6.45, 7) is 9.84. The van der Waals surface area contributed by atoms with E-state index in [2.05, 4.69) is 55.4 Å². The molecule has 1 unspecified atom stereocenters. The number of rotatable bonds is 3. The number of nitrogens with one attached hydrogen (secondary N) is 2. The van der Waals surface area contributed by atoms with Gasteiger partial charge < -0.3 is 10.2 Å². The Labute approximate surface area is 179 Å². The van der Waals surface area contributed by atoms with Crippen molar-refractivity contribution in [1.82, 2.24) is 5.32 Å². The summed E-state index contributed by atoms with van der Waals surface area (Å²) in [5.74, 6) is -0.207. The fourth-order valence-corrected chi connectivity index (χ4v) is 3.89. The molecule has 0 aliphatic carbocycles. The predicted octanol–water partition coefficient (Wildman–Crippen LogP) is 5.49. The molecule has 0 spiro atoms. The molecule has 0 radical (unpaired) electrons. The third kappa shape index (κ3) is 5.57. The summed E-state index contributed by atoms with van der Waals surface area (Å²) in [5.41, 5.74) is 3.95. The number of benzene rings is 2. The minimum Gasteiger partial charge on any atom is -0.369 e. The van der Waals surface area contributed by atoms with Gasteiger partial charge in [0.25, 0.3) is 5.91 Å². The van der Waals surface area contributed by atoms with E-state index in [0.717, 1.165) is 12.2 Å². The van der Waals surface area contributed by atoms with E-state index < -0.39 is 0 Å². The Morgan fingerprint density at radius 1 is 1.03 bits per heavy atom. The van der Waals surface area contributed by atoms with Gasteiger partial charge in [-0.2, -0.15) is 0 Å². The lowest BCUT2D eigenvalue weighted by Crippen LogP contribution is -2.37. The first-order valence-corrected chi connectivity index (χ1v) is 10.7. The summed E-state index contributed by atoms with van der Waals surface area (Å²) >= 11 is 5.32. The molecule has 3 rings (SSSR count). The van der Waals surface area contributed by atoms with E-state index in [0.29, 0.717) is 16.7 Å². The smallest absolute Gasteiger partial charge is 0.257 e. The Morgan fingerprint density at radius 2 is 1.69 bits per heavy atom. The van der Waals surface area contributed by atoms with Crippen LogP contribution in [-0.2, 0) is 5.41 Å². The molecule has 0 saturated carbocycles. The van der Waals surface area contributed by atoms with E-state index in [4.69, 9.17) is 12.2 Å². The van der Waals surface area contributed by atoms with Crippen molar-refractivity contribution in [2.24, 2.45) is 0 Å². The molecule has 2 aromatic rings. The molecule has 29 heavy (non-hydrogen) atoms. The number of anilines is 2. The highest BCUT2D eigenvalue weighted by Crippen LogP contribution is 2.26. The molecule has 1 saturated heterocycles. The number of amides is 1. The molecule has 1 aliphatic rings. The number of hydrogen-bond acceptors (Lipinski definition) is 3. The highest BCUT2D eigenvalue weighted by atomic mass is 32.1. The summed E-state index contributed by atoms with van der Waals surface area (Å²) in [4.78, 5) is 14.9. The van der Waals surface area contributed by atoms with Gasteiger partial charge in [-0.05, 0) is 85.8 Å². The lowest BCUT2D eigenvalue weighted by atomic mass is 9.87. The zero-order chi connectivity index (χ0) is 21.0. The maximum atomic E-state index is 12.5. The van der Waals surface area contributed by atoms with Gasteiger partial charge in [0.2, 0.25) is 0 Å². The van der Waals surface area contributed by atoms with E-state index in [1.165, 1.54) is 30.5 Å². The van der Waals surface area contributed by atoms with Crippen LogP contribution in [0.25, 0.3) is 0 Å². The molecule has 1 heterocycles. The van der Waals surface area contributed by atoms with Gasteiger partial charge in [0.05, 0.1) is 0 Å². The van der Waals surface area contributed by atoms with Gasteiger partial charge in [0.15, 0.2) is 5.11 Å². The molecule has 1 fully saturated rings. The highest BCUT2D eigenvalue weighted by molar-refractivity contribution is 7.80. The van der Waals surface area contributed by atoms with Crippen molar-refractivity contribution < 1.29 is 4.79 Å². The Balaban J connectivity index is 1.57. The van der Waals surface area contributed by atoms with Crippen LogP contribution >= 0.6 is 12.2 Å². The topological polar surface area (TPSA) is 44.4 Å². The fourth-order valence-electron chi connectivity index (χ4n) is 3.68. The monoisotopic (exact) mass is 409 g/mol. The van der Waals surface area contributed by atoms with Crippen LogP contribution in [-0.4, -0.2) is 23.6 Å². The van der Waals surface area contributed by atoms with Crippen LogP contribution in [0.15, 0.2) is 48.5 Å². The van der Waals surface area contributed by atoms with Crippen LogP contribution in [0.2, 0.25) is 0 Å². The molecule has 1 amide bonds. The van der Waals surface area contributed by atoms with Crippen LogP contribution in [0, 0.1) is 0 Å². The third-order valence-electron chi connectivity index (χ3n) is 5.50. The number of thiocarbonyl (C=S) groups is 1. The van der Waals surface area contributed by atoms with Crippen molar-refractivity contribution in [3.8, 4) is 0 Å². The maximum Gasteiger partial charge on any atom is 0.257 e. The molecular formula is C24H31N3OS.